The van der Waals surface area contributed by atoms with E-state index in [-0.39, 0.29) is 4.75 Å². The largest absolute Gasteiger partial charge is 0.490 e. The summed E-state index contributed by atoms with van der Waals surface area (Å²) in [7, 11) is -1.12. The molecule has 1 aromatic carbocycles. The topological polar surface area (TPSA) is 36.3 Å². The molecule has 0 saturated carbocycles. The number of aryl methyl sites for hydroxylation is 1. The van der Waals surface area contributed by atoms with Gasteiger partial charge in [0.25, 0.3) is 0 Å². The summed E-state index contributed by atoms with van der Waals surface area (Å²) in [6, 6.07) is 5.97. The van der Waals surface area contributed by atoms with E-state index in [1.807, 2.05) is 23.0 Å². The highest BCUT2D eigenvalue weighted by Gasteiger charge is 2.28. The van der Waals surface area contributed by atoms with Crippen LogP contribution in [0.25, 0.3) is 5.69 Å². The van der Waals surface area contributed by atoms with Crippen LogP contribution in [0.5, 0.6) is 5.75 Å². The van der Waals surface area contributed by atoms with E-state index in [9.17, 15) is 0 Å². The van der Waals surface area contributed by atoms with E-state index in [1.54, 1.807) is 6.20 Å². The van der Waals surface area contributed by atoms with Gasteiger partial charge in [-0.15, -0.1) is 10.3 Å². The maximum absolute atomic E-state index is 6.11. The fraction of sp³-hybridized carbons (Fsp3) is 0.500. The van der Waals surface area contributed by atoms with Crippen LogP contribution >= 0.6 is 26.2 Å². The third kappa shape index (κ3) is 4.55. The molecule has 0 aliphatic heterocycles. The monoisotopic (exact) mass is 414 g/mol. The van der Waals surface area contributed by atoms with Crippen LogP contribution in [0.3, 0.4) is 0 Å². The molecule has 4 nitrogen and oxygen atoms in total. The summed E-state index contributed by atoms with van der Waals surface area (Å²) in [5.41, 5.74) is 2.15. The Hall–Kier alpha value is -0.980. The first-order valence-corrected chi connectivity index (χ1v) is 11.1. The molecule has 0 bridgehead atoms. The fourth-order valence-corrected chi connectivity index (χ4v) is 3.39. The van der Waals surface area contributed by atoms with E-state index >= 15 is 0 Å². The summed E-state index contributed by atoms with van der Waals surface area (Å²) >= 11 is 3.58. The van der Waals surface area contributed by atoms with Gasteiger partial charge in [-0.2, -0.15) is 5.10 Å². The third-order valence-electron chi connectivity index (χ3n) is 4.20. The fourth-order valence-electron chi connectivity index (χ4n) is 1.98. The number of hydrogen-bond donors (Lipinski definition) is 0. The van der Waals surface area contributed by atoms with E-state index < -0.39 is 10.3 Å². The van der Waals surface area contributed by atoms with Crippen molar-refractivity contribution in [1.29, 1.82) is 0 Å². The van der Waals surface area contributed by atoms with Crippen molar-refractivity contribution >= 4 is 26.2 Å². The summed E-state index contributed by atoms with van der Waals surface area (Å²) in [6.45, 7) is 9.82. The number of benzene rings is 1. The maximum Gasteiger partial charge on any atom is 0.135 e. The smallest absolute Gasteiger partial charge is 0.135 e. The standard InChI is InChI=1S/C18H27BrN2O2S/c1-14-12-15(19)17(13-16(14)21-9-7-8-20-21)22-10-11-23-24(5,6)18(2,3)4/h7-9,12-13H,10-11H2,1-6H3. The Bertz CT molecular complexity index is 679. The van der Waals surface area contributed by atoms with Crippen LogP contribution in [0.4, 0.5) is 0 Å². The molecule has 2 aromatic rings. The van der Waals surface area contributed by atoms with Gasteiger partial charge in [0.1, 0.15) is 12.4 Å². The van der Waals surface area contributed by atoms with Crippen molar-refractivity contribution in [2.45, 2.75) is 32.4 Å². The van der Waals surface area contributed by atoms with Gasteiger partial charge in [0.2, 0.25) is 0 Å². The van der Waals surface area contributed by atoms with Crippen molar-refractivity contribution in [2.75, 3.05) is 25.7 Å². The molecule has 2 rings (SSSR count). The van der Waals surface area contributed by atoms with Crippen molar-refractivity contribution in [1.82, 2.24) is 9.78 Å². The van der Waals surface area contributed by atoms with Crippen molar-refractivity contribution in [3.8, 4) is 11.4 Å². The number of aromatic nitrogens is 2. The minimum atomic E-state index is -1.12. The highest BCUT2D eigenvalue weighted by atomic mass is 79.9. The number of nitrogens with zero attached hydrogens (tertiary/aromatic N) is 2. The lowest BCUT2D eigenvalue weighted by molar-refractivity contribution is 0.229. The summed E-state index contributed by atoms with van der Waals surface area (Å²) in [4.78, 5) is 0. The second-order valence-corrected chi connectivity index (χ2v) is 11.8. The molecule has 0 fully saturated rings. The SMILES string of the molecule is Cc1cc(Br)c(OCCOS(C)(C)C(C)(C)C)cc1-n1cccn1. The molecule has 0 aliphatic rings. The Morgan fingerprint density at radius 2 is 1.92 bits per heavy atom. The first-order chi connectivity index (χ1) is 11.1. The molecule has 0 saturated heterocycles. The van der Waals surface area contributed by atoms with Crippen LogP contribution in [0.2, 0.25) is 0 Å². The van der Waals surface area contributed by atoms with Gasteiger partial charge < -0.3 is 8.92 Å². The first-order valence-electron chi connectivity index (χ1n) is 7.92. The highest BCUT2D eigenvalue weighted by Crippen LogP contribution is 2.53. The number of halogens is 1. The minimum Gasteiger partial charge on any atom is -0.490 e. The highest BCUT2D eigenvalue weighted by molar-refractivity contribution is 9.10. The van der Waals surface area contributed by atoms with Crippen molar-refractivity contribution < 1.29 is 8.92 Å². The van der Waals surface area contributed by atoms with E-state index in [0.717, 1.165) is 21.5 Å². The lowest BCUT2D eigenvalue weighted by atomic mass is 10.2. The van der Waals surface area contributed by atoms with E-state index in [0.29, 0.717) is 13.2 Å². The quantitative estimate of drug-likeness (QED) is 0.615. The summed E-state index contributed by atoms with van der Waals surface area (Å²) in [5, 5.41) is 4.30. The Morgan fingerprint density at radius 3 is 2.50 bits per heavy atom. The maximum atomic E-state index is 6.11. The molecule has 24 heavy (non-hydrogen) atoms. The molecule has 0 aliphatic carbocycles. The molecular formula is C18H27BrN2O2S. The molecule has 0 unspecified atom stereocenters. The predicted molar refractivity (Wildman–Crippen MR) is 107 cm³/mol. The second-order valence-electron chi connectivity index (χ2n) is 7.04. The average molecular weight is 415 g/mol. The lowest BCUT2D eigenvalue weighted by Gasteiger charge is -2.43. The third-order valence-corrected chi connectivity index (χ3v) is 8.52. The molecule has 0 N–H and O–H groups in total. The van der Waals surface area contributed by atoms with Crippen LogP contribution in [0.1, 0.15) is 26.3 Å². The molecule has 0 amide bonds. The minimum absolute atomic E-state index is 0.157. The Labute approximate surface area is 155 Å². The van der Waals surface area contributed by atoms with Crippen LogP contribution in [0.15, 0.2) is 35.1 Å². The van der Waals surface area contributed by atoms with Crippen molar-refractivity contribution in [3.63, 3.8) is 0 Å². The van der Waals surface area contributed by atoms with E-state index in [2.05, 4.69) is 67.3 Å². The first kappa shape index (κ1) is 19.3. The average Bonchev–Trinajstić information content (AvgIpc) is 2.98. The van der Waals surface area contributed by atoms with Crippen LogP contribution in [-0.4, -0.2) is 40.3 Å². The zero-order valence-electron chi connectivity index (χ0n) is 15.3. The second kappa shape index (κ2) is 7.50. The number of ether oxygens (including phenoxy) is 1. The number of rotatable bonds is 6. The molecule has 0 spiro atoms. The Kier molecular flexibility index (Phi) is 6.04. The molecule has 134 valence electrons. The lowest BCUT2D eigenvalue weighted by Crippen LogP contribution is -2.26. The Morgan fingerprint density at radius 1 is 1.21 bits per heavy atom. The van der Waals surface area contributed by atoms with E-state index in [4.69, 9.17) is 8.92 Å². The molecule has 1 aromatic heterocycles. The van der Waals surface area contributed by atoms with Crippen molar-refractivity contribution in [2.24, 2.45) is 0 Å². The van der Waals surface area contributed by atoms with Gasteiger partial charge >= 0.3 is 0 Å². The van der Waals surface area contributed by atoms with Gasteiger partial charge in [-0.3, -0.25) is 0 Å². The molecular weight excluding hydrogens is 388 g/mol. The van der Waals surface area contributed by atoms with Gasteiger partial charge in [-0.1, -0.05) is 20.8 Å². The van der Waals surface area contributed by atoms with E-state index in [1.165, 1.54) is 0 Å². The zero-order chi connectivity index (χ0) is 18.0. The van der Waals surface area contributed by atoms with Gasteiger partial charge in [-0.25, -0.2) is 4.68 Å². The molecule has 0 atom stereocenters. The predicted octanol–water partition coefficient (Wildman–Crippen LogP) is 5.12. The van der Waals surface area contributed by atoms with Gasteiger partial charge in [0, 0.05) is 23.2 Å². The summed E-state index contributed by atoms with van der Waals surface area (Å²) < 4.78 is 15.0. The Balaban J connectivity index is 2.02. The van der Waals surface area contributed by atoms with Crippen LogP contribution in [0, 0.1) is 6.92 Å². The summed E-state index contributed by atoms with van der Waals surface area (Å²) in [5.74, 6) is 0.804. The molecule has 6 heteroatoms. The molecule has 0 radical (unpaired) electrons. The zero-order valence-corrected chi connectivity index (χ0v) is 17.7. The molecule has 1 heterocycles. The van der Waals surface area contributed by atoms with Crippen LogP contribution < -0.4 is 4.74 Å². The van der Waals surface area contributed by atoms with Gasteiger partial charge in [-0.05, 0) is 53.1 Å². The van der Waals surface area contributed by atoms with Gasteiger partial charge in [0.05, 0.1) is 16.8 Å². The number of hydrogen-bond acceptors (Lipinski definition) is 3. The van der Waals surface area contributed by atoms with Crippen LogP contribution in [-0.2, 0) is 4.18 Å². The van der Waals surface area contributed by atoms with Crippen molar-refractivity contribution in [3.05, 3.63) is 40.6 Å². The normalized spacial score (nSPS) is 13.1. The summed E-state index contributed by atoms with van der Waals surface area (Å²) in [6.07, 6.45) is 8.10. The van der Waals surface area contributed by atoms with Gasteiger partial charge in [0.15, 0.2) is 0 Å².